The monoisotopic (exact) mass is 256 g/mol. The molecule has 2 aromatic carbocycles. The first-order valence-corrected chi connectivity index (χ1v) is 7.29. The molecule has 0 unspecified atom stereocenters. The third kappa shape index (κ3) is 1.85. The van der Waals surface area contributed by atoms with Crippen LogP contribution in [-0.2, 0) is 6.42 Å². The topological polar surface area (TPSA) is 17.1 Å². The molecule has 0 N–H and O–H groups in total. The molecule has 0 atom stereocenters. The molecule has 1 aliphatic carbocycles. The fourth-order valence-electron chi connectivity index (χ4n) is 2.65. The van der Waals surface area contributed by atoms with Gasteiger partial charge in [0.25, 0.3) is 0 Å². The number of carbonyl (C=O) groups is 1. The average Bonchev–Trinajstić information content (AvgIpc) is 2.71. The number of Topliss-reactive ketones (excluding diaryl/α,β-unsaturated/α-hetero) is 1. The molecule has 0 spiro atoms. The van der Waals surface area contributed by atoms with Gasteiger partial charge in [0, 0.05) is 22.1 Å². The van der Waals surface area contributed by atoms with E-state index in [2.05, 4.69) is 38.1 Å². The number of benzene rings is 2. The van der Waals surface area contributed by atoms with Crippen molar-refractivity contribution in [2.75, 3.05) is 0 Å². The summed E-state index contributed by atoms with van der Waals surface area (Å²) >= 11 is 1.88. The molecular formula is C16H16OS. The van der Waals surface area contributed by atoms with E-state index in [0.29, 0.717) is 17.5 Å². The van der Waals surface area contributed by atoms with Crippen LogP contribution in [-0.4, -0.2) is 11.0 Å². The first-order chi connectivity index (χ1) is 8.66. The fraction of sp³-hybridized carbons (Fsp3) is 0.312. The van der Waals surface area contributed by atoms with Crippen LogP contribution in [0.15, 0.2) is 35.2 Å². The van der Waals surface area contributed by atoms with E-state index in [4.69, 9.17) is 0 Å². The zero-order valence-electron chi connectivity index (χ0n) is 10.7. The molecule has 92 valence electrons. The predicted octanol–water partition coefficient (Wildman–Crippen LogP) is 4.47. The lowest BCUT2D eigenvalue weighted by atomic mass is 10.0. The summed E-state index contributed by atoms with van der Waals surface area (Å²) in [6.07, 6.45) is 1.58. The van der Waals surface area contributed by atoms with Crippen molar-refractivity contribution in [3.05, 3.63) is 41.5 Å². The van der Waals surface area contributed by atoms with Gasteiger partial charge in [-0.2, -0.15) is 0 Å². The Morgan fingerprint density at radius 3 is 2.56 bits per heavy atom. The number of hydrogen-bond acceptors (Lipinski definition) is 2. The highest BCUT2D eigenvalue weighted by Gasteiger charge is 2.23. The van der Waals surface area contributed by atoms with Crippen LogP contribution >= 0.6 is 11.8 Å². The molecule has 0 heterocycles. The lowest BCUT2D eigenvalue weighted by molar-refractivity contribution is 0.0996. The summed E-state index contributed by atoms with van der Waals surface area (Å²) in [6.45, 7) is 4.41. The number of fused-ring (bicyclic) bond motifs is 3. The quantitative estimate of drug-likeness (QED) is 0.737. The highest BCUT2D eigenvalue weighted by Crippen LogP contribution is 2.37. The highest BCUT2D eigenvalue weighted by molar-refractivity contribution is 8.00. The maximum absolute atomic E-state index is 12.0. The summed E-state index contributed by atoms with van der Waals surface area (Å²) in [5, 5.41) is 2.93. The normalized spacial score (nSPS) is 14.5. The van der Waals surface area contributed by atoms with E-state index in [1.807, 2.05) is 17.8 Å². The zero-order chi connectivity index (χ0) is 12.7. The van der Waals surface area contributed by atoms with Crippen molar-refractivity contribution in [3.8, 4) is 0 Å². The zero-order valence-corrected chi connectivity index (χ0v) is 11.5. The van der Waals surface area contributed by atoms with Crippen molar-refractivity contribution >= 4 is 28.3 Å². The largest absolute Gasteiger partial charge is 0.294 e. The number of ketones is 1. The number of hydrogen-bond donors (Lipinski definition) is 0. The minimum Gasteiger partial charge on any atom is -0.294 e. The number of aryl methyl sites for hydroxylation is 1. The van der Waals surface area contributed by atoms with Gasteiger partial charge in [-0.1, -0.05) is 38.1 Å². The third-order valence-corrected chi connectivity index (χ3v) is 4.41. The number of carbonyl (C=O) groups excluding carboxylic acids is 1. The molecule has 2 heteroatoms. The molecule has 0 aliphatic heterocycles. The molecule has 0 bridgehead atoms. The molecule has 18 heavy (non-hydrogen) atoms. The second-order valence-corrected chi connectivity index (χ2v) is 6.66. The highest BCUT2D eigenvalue weighted by atomic mass is 32.2. The van der Waals surface area contributed by atoms with Gasteiger partial charge in [-0.15, -0.1) is 11.8 Å². The van der Waals surface area contributed by atoms with Gasteiger partial charge in [-0.05, 0) is 28.8 Å². The Hall–Kier alpha value is -1.28. The minimum atomic E-state index is 0.308. The van der Waals surface area contributed by atoms with E-state index in [9.17, 15) is 4.79 Å². The Labute approximate surface area is 112 Å². The molecule has 1 nitrogen and oxygen atoms in total. The summed E-state index contributed by atoms with van der Waals surface area (Å²) in [5.41, 5.74) is 2.21. The van der Waals surface area contributed by atoms with Crippen LogP contribution in [0.1, 0.15) is 36.2 Å². The van der Waals surface area contributed by atoms with Gasteiger partial charge < -0.3 is 0 Å². The van der Waals surface area contributed by atoms with E-state index in [-0.39, 0.29) is 0 Å². The third-order valence-electron chi connectivity index (χ3n) is 3.35. The fourth-order valence-corrected chi connectivity index (χ4v) is 3.67. The van der Waals surface area contributed by atoms with Gasteiger partial charge in [0.1, 0.15) is 0 Å². The predicted molar refractivity (Wildman–Crippen MR) is 77.6 cm³/mol. The maximum atomic E-state index is 12.0. The first kappa shape index (κ1) is 11.8. The molecule has 1 aliphatic rings. The summed E-state index contributed by atoms with van der Waals surface area (Å²) < 4.78 is 0. The van der Waals surface area contributed by atoms with Crippen LogP contribution in [0.25, 0.3) is 10.8 Å². The first-order valence-electron chi connectivity index (χ1n) is 6.41. The van der Waals surface area contributed by atoms with E-state index in [1.165, 1.54) is 15.8 Å². The Bertz CT molecular complexity index is 628. The average molecular weight is 256 g/mol. The van der Waals surface area contributed by atoms with Crippen LogP contribution in [0, 0.1) is 0 Å². The van der Waals surface area contributed by atoms with E-state index < -0.39 is 0 Å². The van der Waals surface area contributed by atoms with Crippen LogP contribution in [0.4, 0.5) is 0 Å². The smallest absolute Gasteiger partial charge is 0.164 e. The Kier molecular flexibility index (Phi) is 2.90. The SMILES string of the molecule is CC(C)Sc1cc2c(c3ccccc13)C(=O)CC2. The van der Waals surface area contributed by atoms with Crippen LogP contribution in [0.3, 0.4) is 0 Å². The Morgan fingerprint density at radius 1 is 1.11 bits per heavy atom. The van der Waals surface area contributed by atoms with Gasteiger partial charge in [0.05, 0.1) is 0 Å². The van der Waals surface area contributed by atoms with Crippen LogP contribution in [0.5, 0.6) is 0 Å². The molecule has 2 aromatic rings. The van der Waals surface area contributed by atoms with E-state index >= 15 is 0 Å². The van der Waals surface area contributed by atoms with Gasteiger partial charge in [-0.25, -0.2) is 0 Å². The molecular weight excluding hydrogens is 240 g/mol. The number of rotatable bonds is 2. The molecule has 0 saturated heterocycles. The van der Waals surface area contributed by atoms with Crippen LogP contribution in [0.2, 0.25) is 0 Å². The van der Waals surface area contributed by atoms with Crippen molar-refractivity contribution in [1.82, 2.24) is 0 Å². The van der Waals surface area contributed by atoms with Crippen molar-refractivity contribution in [2.45, 2.75) is 36.8 Å². The van der Waals surface area contributed by atoms with Crippen molar-refractivity contribution in [3.63, 3.8) is 0 Å². The Balaban J connectivity index is 2.30. The molecule has 0 aromatic heterocycles. The second kappa shape index (κ2) is 4.43. The second-order valence-electron chi connectivity index (χ2n) is 5.04. The van der Waals surface area contributed by atoms with E-state index in [0.717, 1.165) is 17.4 Å². The lowest BCUT2D eigenvalue weighted by Gasteiger charge is -2.12. The van der Waals surface area contributed by atoms with E-state index in [1.54, 1.807) is 0 Å². The standard InChI is InChI=1S/C16H16OS/c1-10(2)18-15-9-11-7-8-14(17)16(11)13-6-4-3-5-12(13)15/h3-6,9-10H,7-8H2,1-2H3. The van der Waals surface area contributed by atoms with Gasteiger partial charge >= 0.3 is 0 Å². The number of thioether (sulfide) groups is 1. The van der Waals surface area contributed by atoms with Gasteiger partial charge in [0.2, 0.25) is 0 Å². The van der Waals surface area contributed by atoms with Crippen molar-refractivity contribution in [1.29, 1.82) is 0 Å². The summed E-state index contributed by atoms with van der Waals surface area (Å²) in [6, 6.07) is 10.5. The van der Waals surface area contributed by atoms with Gasteiger partial charge in [-0.3, -0.25) is 4.79 Å². The summed E-state index contributed by atoms with van der Waals surface area (Å²) in [4.78, 5) is 13.3. The van der Waals surface area contributed by atoms with Gasteiger partial charge in [0.15, 0.2) is 5.78 Å². The minimum absolute atomic E-state index is 0.308. The maximum Gasteiger partial charge on any atom is 0.164 e. The molecule has 0 fully saturated rings. The molecule has 3 rings (SSSR count). The molecule has 0 radical (unpaired) electrons. The summed E-state index contributed by atoms with van der Waals surface area (Å²) in [5.74, 6) is 0.308. The Morgan fingerprint density at radius 2 is 1.83 bits per heavy atom. The summed E-state index contributed by atoms with van der Waals surface area (Å²) in [7, 11) is 0. The van der Waals surface area contributed by atoms with Crippen molar-refractivity contribution < 1.29 is 4.79 Å². The molecule has 0 saturated carbocycles. The lowest BCUT2D eigenvalue weighted by Crippen LogP contribution is -1.95. The van der Waals surface area contributed by atoms with Crippen LogP contribution < -0.4 is 0 Å². The van der Waals surface area contributed by atoms with Crippen molar-refractivity contribution in [2.24, 2.45) is 0 Å². The molecule has 0 amide bonds.